The lowest BCUT2D eigenvalue weighted by molar-refractivity contribution is 0.100. The number of carbonyl (C=O) groups excluding carboxylic acids is 1. The first-order valence-electron chi connectivity index (χ1n) is 9.23. The fourth-order valence-corrected chi connectivity index (χ4v) is 3.70. The molecule has 1 fully saturated rings. The van der Waals surface area contributed by atoms with Crippen LogP contribution < -0.4 is 11.0 Å². The summed E-state index contributed by atoms with van der Waals surface area (Å²) >= 11 is 0. The molecule has 4 rings (SSSR count). The summed E-state index contributed by atoms with van der Waals surface area (Å²) in [5.74, 6) is -0.652. The summed E-state index contributed by atoms with van der Waals surface area (Å²) < 4.78 is 15.2. The van der Waals surface area contributed by atoms with Gasteiger partial charge in [0.25, 0.3) is 11.5 Å². The molecule has 0 aliphatic heterocycles. The number of nitrogens with zero attached hydrogens (tertiary/aromatic N) is 2. The predicted octanol–water partition coefficient (Wildman–Crippen LogP) is 3.97. The molecule has 1 N–H and O–H groups in total. The van der Waals surface area contributed by atoms with Crippen LogP contribution in [-0.4, -0.2) is 15.6 Å². The SMILES string of the molecule is O=C(Nn1c(C2CCCCC2)nc2ccccc2c1=O)c1ccccc1F. The lowest BCUT2D eigenvalue weighted by Gasteiger charge is -2.24. The molecular weight excluding hydrogens is 345 g/mol. The Labute approximate surface area is 155 Å². The Balaban J connectivity index is 1.82. The van der Waals surface area contributed by atoms with Crippen molar-refractivity contribution in [2.24, 2.45) is 0 Å². The second-order valence-electron chi connectivity index (χ2n) is 6.88. The quantitative estimate of drug-likeness (QED) is 0.764. The van der Waals surface area contributed by atoms with Gasteiger partial charge in [-0.2, -0.15) is 0 Å². The molecule has 3 aromatic rings. The zero-order valence-electron chi connectivity index (χ0n) is 14.8. The van der Waals surface area contributed by atoms with Crippen LogP contribution in [0.5, 0.6) is 0 Å². The minimum atomic E-state index is -0.663. The zero-order chi connectivity index (χ0) is 18.8. The fourth-order valence-electron chi connectivity index (χ4n) is 3.70. The Hall–Kier alpha value is -3.02. The van der Waals surface area contributed by atoms with E-state index in [9.17, 15) is 14.0 Å². The van der Waals surface area contributed by atoms with E-state index >= 15 is 0 Å². The van der Waals surface area contributed by atoms with Crippen molar-refractivity contribution in [3.8, 4) is 0 Å². The normalized spacial score (nSPS) is 15.0. The van der Waals surface area contributed by atoms with Crippen molar-refractivity contribution in [1.82, 2.24) is 9.66 Å². The van der Waals surface area contributed by atoms with Crippen molar-refractivity contribution in [2.45, 2.75) is 38.0 Å². The molecule has 0 saturated heterocycles. The van der Waals surface area contributed by atoms with Gasteiger partial charge in [-0.05, 0) is 37.1 Å². The molecule has 5 nitrogen and oxygen atoms in total. The Bertz CT molecular complexity index is 1050. The molecular formula is C21H20FN3O2. The number of para-hydroxylation sites is 1. The van der Waals surface area contributed by atoms with Crippen molar-refractivity contribution in [3.05, 3.63) is 76.1 Å². The number of halogens is 1. The monoisotopic (exact) mass is 365 g/mol. The van der Waals surface area contributed by atoms with Crippen LogP contribution in [0.25, 0.3) is 10.9 Å². The molecule has 1 aliphatic carbocycles. The molecule has 0 spiro atoms. The number of fused-ring (bicyclic) bond motifs is 1. The molecule has 0 bridgehead atoms. The molecule has 1 heterocycles. The van der Waals surface area contributed by atoms with Gasteiger partial charge in [0.05, 0.1) is 16.5 Å². The lowest BCUT2D eigenvalue weighted by Crippen LogP contribution is -2.37. The molecule has 1 aromatic heterocycles. The van der Waals surface area contributed by atoms with Crippen LogP contribution in [0.3, 0.4) is 0 Å². The molecule has 0 unspecified atom stereocenters. The standard InChI is InChI=1S/C21H20FN3O2/c22-17-12-6-4-10-15(17)20(26)24-25-19(14-8-2-1-3-9-14)23-18-13-7-5-11-16(18)21(25)27/h4-7,10-14H,1-3,8-9H2,(H,24,26). The van der Waals surface area contributed by atoms with E-state index in [0.29, 0.717) is 16.7 Å². The highest BCUT2D eigenvalue weighted by atomic mass is 19.1. The molecule has 1 aliphatic rings. The molecule has 2 aromatic carbocycles. The minimum Gasteiger partial charge on any atom is -0.267 e. The molecule has 1 amide bonds. The first-order chi connectivity index (χ1) is 13.1. The van der Waals surface area contributed by atoms with Gasteiger partial charge in [-0.1, -0.05) is 43.5 Å². The van der Waals surface area contributed by atoms with E-state index in [0.717, 1.165) is 32.1 Å². The third kappa shape index (κ3) is 3.35. The number of amides is 1. The second kappa shape index (κ2) is 7.31. The van der Waals surface area contributed by atoms with E-state index in [1.807, 2.05) is 6.07 Å². The predicted molar refractivity (Wildman–Crippen MR) is 102 cm³/mol. The smallest absolute Gasteiger partial charge is 0.267 e. The van der Waals surface area contributed by atoms with Gasteiger partial charge in [0.2, 0.25) is 0 Å². The first kappa shape index (κ1) is 17.4. The van der Waals surface area contributed by atoms with Crippen molar-refractivity contribution in [2.75, 3.05) is 5.43 Å². The highest BCUT2D eigenvalue weighted by Crippen LogP contribution is 2.31. The maximum atomic E-state index is 14.0. The minimum absolute atomic E-state index is 0.0944. The van der Waals surface area contributed by atoms with E-state index in [1.54, 1.807) is 24.3 Å². The lowest BCUT2D eigenvalue weighted by atomic mass is 9.88. The van der Waals surface area contributed by atoms with Crippen LogP contribution in [0.2, 0.25) is 0 Å². The molecule has 0 atom stereocenters. The fraction of sp³-hybridized carbons (Fsp3) is 0.286. The van der Waals surface area contributed by atoms with Crippen molar-refractivity contribution in [1.29, 1.82) is 0 Å². The number of carbonyl (C=O) groups is 1. The molecule has 27 heavy (non-hydrogen) atoms. The summed E-state index contributed by atoms with van der Waals surface area (Å²) in [6.07, 6.45) is 5.12. The van der Waals surface area contributed by atoms with E-state index in [-0.39, 0.29) is 17.0 Å². The van der Waals surface area contributed by atoms with Crippen molar-refractivity contribution >= 4 is 16.8 Å². The van der Waals surface area contributed by atoms with E-state index < -0.39 is 11.7 Å². The first-order valence-corrected chi connectivity index (χ1v) is 9.23. The van der Waals surface area contributed by atoms with E-state index in [4.69, 9.17) is 0 Å². The maximum Gasteiger partial charge on any atom is 0.280 e. The second-order valence-corrected chi connectivity index (χ2v) is 6.88. The van der Waals surface area contributed by atoms with Crippen LogP contribution in [0.15, 0.2) is 53.3 Å². The molecule has 0 radical (unpaired) electrons. The summed E-state index contributed by atoms with van der Waals surface area (Å²) in [7, 11) is 0. The number of aromatic nitrogens is 2. The number of benzene rings is 2. The average Bonchev–Trinajstić information content (AvgIpc) is 2.71. The summed E-state index contributed by atoms with van der Waals surface area (Å²) in [5, 5.41) is 0.422. The Morgan fingerprint density at radius 2 is 1.74 bits per heavy atom. The maximum absolute atomic E-state index is 14.0. The van der Waals surface area contributed by atoms with Gasteiger partial charge >= 0.3 is 0 Å². The van der Waals surface area contributed by atoms with Gasteiger partial charge in [-0.3, -0.25) is 15.0 Å². The highest BCUT2D eigenvalue weighted by molar-refractivity contribution is 6.00. The van der Waals surface area contributed by atoms with Crippen LogP contribution in [0.1, 0.15) is 54.2 Å². The molecule has 1 saturated carbocycles. The van der Waals surface area contributed by atoms with Gasteiger partial charge in [0.1, 0.15) is 11.6 Å². The van der Waals surface area contributed by atoms with Gasteiger partial charge in [0, 0.05) is 5.92 Å². The Morgan fingerprint density at radius 1 is 1.04 bits per heavy atom. The molecule has 138 valence electrons. The van der Waals surface area contributed by atoms with Crippen molar-refractivity contribution < 1.29 is 9.18 Å². The number of hydrogen-bond acceptors (Lipinski definition) is 3. The van der Waals surface area contributed by atoms with Gasteiger partial charge in [-0.15, -0.1) is 0 Å². The van der Waals surface area contributed by atoms with Crippen LogP contribution in [0.4, 0.5) is 4.39 Å². The largest absolute Gasteiger partial charge is 0.280 e. The average molecular weight is 365 g/mol. The summed E-state index contributed by atoms with van der Waals surface area (Å²) in [5.41, 5.74) is 2.75. The van der Waals surface area contributed by atoms with Crippen LogP contribution in [-0.2, 0) is 0 Å². The third-order valence-corrected chi connectivity index (χ3v) is 5.10. The number of hydrogen-bond donors (Lipinski definition) is 1. The number of nitrogens with one attached hydrogen (secondary N) is 1. The number of rotatable bonds is 3. The highest BCUT2D eigenvalue weighted by Gasteiger charge is 2.24. The van der Waals surface area contributed by atoms with Gasteiger partial charge < -0.3 is 0 Å². The summed E-state index contributed by atoms with van der Waals surface area (Å²) in [4.78, 5) is 30.4. The third-order valence-electron chi connectivity index (χ3n) is 5.10. The van der Waals surface area contributed by atoms with E-state index in [1.165, 1.54) is 22.9 Å². The van der Waals surface area contributed by atoms with Crippen molar-refractivity contribution in [3.63, 3.8) is 0 Å². The Kier molecular flexibility index (Phi) is 4.71. The summed E-state index contributed by atoms with van der Waals surface area (Å²) in [6.45, 7) is 0. The molecule has 6 heteroatoms. The van der Waals surface area contributed by atoms with Crippen LogP contribution in [0, 0.1) is 5.82 Å². The van der Waals surface area contributed by atoms with Gasteiger partial charge in [0.15, 0.2) is 0 Å². The Morgan fingerprint density at radius 3 is 2.52 bits per heavy atom. The topological polar surface area (TPSA) is 64.0 Å². The zero-order valence-corrected chi connectivity index (χ0v) is 14.8. The van der Waals surface area contributed by atoms with Crippen LogP contribution >= 0.6 is 0 Å². The van der Waals surface area contributed by atoms with Gasteiger partial charge in [-0.25, -0.2) is 14.1 Å². The summed E-state index contributed by atoms with van der Waals surface area (Å²) in [6, 6.07) is 12.8. The van der Waals surface area contributed by atoms with E-state index in [2.05, 4.69) is 10.4 Å².